The molecule has 1 N–H and O–H groups in total. The van der Waals surface area contributed by atoms with Gasteiger partial charge < -0.3 is 10.2 Å². The number of piperidine rings is 1. The third-order valence-corrected chi connectivity index (χ3v) is 5.15. The van der Waals surface area contributed by atoms with Crippen molar-refractivity contribution in [1.29, 1.82) is 0 Å². The summed E-state index contributed by atoms with van der Waals surface area (Å²) < 4.78 is 0. The van der Waals surface area contributed by atoms with Crippen LogP contribution in [0.5, 0.6) is 0 Å². The normalized spacial score (nSPS) is 15.0. The molecule has 26 heavy (non-hydrogen) atoms. The fraction of sp³-hybridized carbons (Fsp3) is 0.300. The predicted octanol–water partition coefficient (Wildman–Crippen LogP) is 4.79. The molecule has 1 aliphatic rings. The summed E-state index contributed by atoms with van der Waals surface area (Å²) in [5.74, 6) is -0.211. The molecule has 136 valence electrons. The van der Waals surface area contributed by atoms with E-state index in [1.54, 1.807) is 23.1 Å². The van der Waals surface area contributed by atoms with E-state index in [0.29, 0.717) is 41.5 Å². The average molecular weight is 391 g/mol. The number of hydrogen-bond acceptors (Lipinski definition) is 2. The number of carbonyl (C=O) groups excluding carboxylic acids is 2. The summed E-state index contributed by atoms with van der Waals surface area (Å²) >= 11 is 12.0. The van der Waals surface area contributed by atoms with Crippen LogP contribution in [0.1, 0.15) is 28.8 Å². The second-order valence-corrected chi connectivity index (χ2v) is 7.39. The van der Waals surface area contributed by atoms with Gasteiger partial charge in [-0.25, -0.2) is 0 Å². The molecular weight excluding hydrogens is 371 g/mol. The summed E-state index contributed by atoms with van der Waals surface area (Å²) in [6.45, 7) is 3.05. The lowest BCUT2D eigenvalue weighted by Crippen LogP contribution is -2.41. The van der Waals surface area contributed by atoms with Crippen LogP contribution in [-0.4, -0.2) is 29.8 Å². The van der Waals surface area contributed by atoms with Crippen molar-refractivity contribution in [2.24, 2.45) is 5.92 Å². The maximum atomic E-state index is 12.6. The molecule has 0 saturated carbocycles. The van der Waals surface area contributed by atoms with Crippen molar-refractivity contribution in [2.45, 2.75) is 19.8 Å². The molecule has 1 heterocycles. The Bertz CT molecular complexity index is 830. The first-order chi connectivity index (χ1) is 12.4. The van der Waals surface area contributed by atoms with Crippen molar-refractivity contribution in [1.82, 2.24) is 4.90 Å². The first-order valence-electron chi connectivity index (χ1n) is 8.56. The minimum absolute atomic E-state index is 0.00669. The van der Waals surface area contributed by atoms with E-state index in [1.165, 1.54) is 0 Å². The summed E-state index contributed by atoms with van der Waals surface area (Å²) in [6.07, 6.45) is 1.27. The number of nitrogens with one attached hydrogen (secondary N) is 1. The number of amides is 2. The first-order valence-corrected chi connectivity index (χ1v) is 9.31. The molecule has 0 bridgehead atoms. The number of anilines is 1. The van der Waals surface area contributed by atoms with Crippen LogP contribution in [0.3, 0.4) is 0 Å². The monoisotopic (exact) mass is 390 g/mol. The van der Waals surface area contributed by atoms with Gasteiger partial charge in [-0.3, -0.25) is 9.59 Å². The summed E-state index contributed by atoms with van der Waals surface area (Å²) in [7, 11) is 0. The van der Waals surface area contributed by atoms with Crippen molar-refractivity contribution in [3.8, 4) is 0 Å². The third-order valence-electron chi connectivity index (χ3n) is 4.60. The SMILES string of the molecule is Cc1cccc(NC(=O)C2CCN(C(=O)c3ccc(Cl)cc3Cl)CC2)c1. The lowest BCUT2D eigenvalue weighted by atomic mass is 9.95. The Morgan fingerprint density at radius 2 is 1.81 bits per heavy atom. The van der Waals surface area contributed by atoms with Gasteiger partial charge in [0.2, 0.25) is 5.91 Å². The Hall–Kier alpha value is -2.04. The highest BCUT2D eigenvalue weighted by Crippen LogP contribution is 2.25. The number of benzene rings is 2. The predicted molar refractivity (Wildman–Crippen MR) is 105 cm³/mol. The van der Waals surface area contributed by atoms with Gasteiger partial charge in [-0.1, -0.05) is 35.3 Å². The molecular formula is C20H20Cl2N2O2. The zero-order valence-electron chi connectivity index (χ0n) is 14.5. The fourth-order valence-electron chi connectivity index (χ4n) is 3.15. The Balaban J connectivity index is 1.58. The number of carbonyl (C=O) groups is 2. The summed E-state index contributed by atoms with van der Waals surface area (Å²) in [5, 5.41) is 3.81. The molecule has 1 fully saturated rings. The molecule has 4 nitrogen and oxygen atoms in total. The molecule has 6 heteroatoms. The maximum absolute atomic E-state index is 12.6. The van der Waals surface area contributed by atoms with Crippen LogP contribution >= 0.6 is 23.2 Å². The lowest BCUT2D eigenvalue weighted by molar-refractivity contribution is -0.121. The van der Waals surface area contributed by atoms with Crippen LogP contribution in [-0.2, 0) is 4.79 Å². The van der Waals surface area contributed by atoms with E-state index >= 15 is 0 Å². The van der Waals surface area contributed by atoms with Gasteiger partial charge in [-0.05, 0) is 55.7 Å². The maximum Gasteiger partial charge on any atom is 0.255 e. The van der Waals surface area contributed by atoms with Crippen LogP contribution in [0.15, 0.2) is 42.5 Å². The highest BCUT2D eigenvalue weighted by molar-refractivity contribution is 6.36. The molecule has 0 aliphatic carbocycles. The molecule has 0 atom stereocenters. The molecule has 2 amide bonds. The zero-order chi connectivity index (χ0) is 18.7. The van der Waals surface area contributed by atoms with Crippen LogP contribution in [0.4, 0.5) is 5.69 Å². The largest absolute Gasteiger partial charge is 0.339 e. The van der Waals surface area contributed by atoms with Gasteiger partial charge in [0.25, 0.3) is 5.91 Å². The zero-order valence-corrected chi connectivity index (χ0v) is 16.0. The van der Waals surface area contributed by atoms with E-state index in [2.05, 4.69) is 5.32 Å². The van der Waals surface area contributed by atoms with E-state index in [0.717, 1.165) is 11.3 Å². The minimum Gasteiger partial charge on any atom is -0.339 e. The van der Waals surface area contributed by atoms with Crippen LogP contribution in [0, 0.1) is 12.8 Å². The Labute approximate surface area is 163 Å². The van der Waals surface area contributed by atoms with Crippen molar-refractivity contribution in [2.75, 3.05) is 18.4 Å². The first kappa shape index (κ1) is 18.7. The summed E-state index contributed by atoms with van der Waals surface area (Å²) in [5.41, 5.74) is 2.35. The topological polar surface area (TPSA) is 49.4 Å². The quantitative estimate of drug-likeness (QED) is 0.818. The highest BCUT2D eigenvalue weighted by Gasteiger charge is 2.28. The molecule has 0 spiro atoms. The Morgan fingerprint density at radius 3 is 2.46 bits per heavy atom. The second-order valence-electron chi connectivity index (χ2n) is 6.55. The van der Waals surface area contributed by atoms with Crippen molar-refractivity contribution < 1.29 is 9.59 Å². The minimum atomic E-state index is -0.121. The lowest BCUT2D eigenvalue weighted by Gasteiger charge is -2.31. The number of rotatable bonds is 3. The van der Waals surface area contributed by atoms with Crippen molar-refractivity contribution in [3.05, 3.63) is 63.6 Å². The van der Waals surface area contributed by atoms with Crippen molar-refractivity contribution >= 4 is 40.7 Å². The number of aryl methyl sites for hydroxylation is 1. The van der Waals surface area contributed by atoms with Gasteiger partial charge in [0.05, 0.1) is 10.6 Å². The molecule has 0 unspecified atom stereocenters. The average Bonchev–Trinajstić information content (AvgIpc) is 2.61. The van der Waals surface area contributed by atoms with E-state index in [9.17, 15) is 9.59 Å². The Morgan fingerprint density at radius 1 is 1.08 bits per heavy atom. The van der Waals surface area contributed by atoms with E-state index in [4.69, 9.17) is 23.2 Å². The highest BCUT2D eigenvalue weighted by atomic mass is 35.5. The van der Waals surface area contributed by atoms with Crippen LogP contribution < -0.4 is 5.32 Å². The molecule has 1 saturated heterocycles. The van der Waals surface area contributed by atoms with Gasteiger partial charge in [0.15, 0.2) is 0 Å². The summed E-state index contributed by atoms with van der Waals surface area (Å²) in [4.78, 5) is 26.8. The van der Waals surface area contributed by atoms with Gasteiger partial charge in [-0.2, -0.15) is 0 Å². The molecule has 2 aromatic carbocycles. The fourth-order valence-corrected chi connectivity index (χ4v) is 3.63. The van der Waals surface area contributed by atoms with Crippen LogP contribution in [0.2, 0.25) is 10.0 Å². The van der Waals surface area contributed by atoms with E-state index < -0.39 is 0 Å². The molecule has 0 radical (unpaired) electrons. The van der Waals surface area contributed by atoms with Crippen LogP contribution in [0.25, 0.3) is 0 Å². The third kappa shape index (κ3) is 4.37. The van der Waals surface area contributed by atoms with E-state index in [1.807, 2.05) is 31.2 Å². The number of halogens is 2. The number of hydrogen-bond donors (Lipinski definition) is 1. The molecule has 2 aromatic rings. The van der Waals surface area contributed by atoms with Gasteiger partial charge >= 0.3 is 0 Å². The standard InChI is InChI=1S/C20H20Cl2N2O2/c1-13-3-2-4-16(11-13)23-19(25)14-7-9-24(10-8-14)20(26)17-6-5-15(21)12-18(17)22/h2-6,11-12,14H,7-10H2,1H3,(H,23,25). The van der Waals surface area contributed by atoms with Gasteiger partial charge in [-0.15, -0.1) is 0 Å². The second kappa shape index (κ2) is 8.11. The number of likely N-dealkylation sites (tertiary alicyclic amines) is 1. The van der Waals surface area contributed by atoms with E-state index in [-0.39, 0.29) is 17.7 Å². The van der Waals surface area contributed by atoms with Crippen molar-refractivity contribution in [3.63, 3.8) is 0 Å². The Kier molecular flexibility index (Phi) is 5.84. The van der Waals surface area contributed by atoms with Gasteiger partial charge in [0.1, 0.15) is 0 Å². The summed E-state index contributed by atoms with van der Waals surface area (Å²) in [6, 6.07) is 12.6. The molecule has 0 aromatic heterocycles. The number of nitrogens with zero attached hydrogens (tertiary/aromatic N) is 1. The molecule has 3 rings (SSSR count). The molecule has 1 aliphatic heterocycles. The smallest absolute Gasteiger partial charge is 0.255 e. The van der Waals surface area contributed by atoms with Gasteiger partial charge in [0, 0.05) is 29.7 Å².